The van der Waals surface area contributed by atoms with Gasteiger partial charge in [0.2, 0.25) is 5.43 Å². The van der Waals surface area contributed by atoms with Crippen molar-refractivity contribution in [1.29, 1.82) is 0 Å². The molecule has 0 saturated heterocycles. The first-order valence-corrected chi connectivity index (χ1v) is 9.14. The summed E-state index contributed by atoms with van der Waals surface area (Å²) < 4.78 is 3.40. The highest BCUT2D eigenvalue weighted by Gasteiger charge is 2.15. The zero-order valence-electron chi connectivity index (χ0n) is 15.8. The molecule has 7 nitrogen and oxygen atoms in total. The van der Waals surface area contributed by atoms with Gasteiger partial charge in [-0.25, -0.2) is 4.68 Å². The predicted octanol–water partition coefficient (Wildman–Crippen LogP) is 3.04. The largest absolute Gasteiger partial charge is 0.320 e. The minimum atomic E-state index is -0.542. The number of anilines is 1. The number of rotatable bonds is 5. The van der Waals surface area contributed by atoms with Gasteiger partial charge in [0.05, 0.1) is 12.2 Å². The lowest BCUT2D eigenvalue weighted by atomic mass is 10.2. The quantitative estimate of drug-likeness (QED) is 0.572. The van der Waals surface area contributed by atoms with Gasteiger partial charge < -0.3 is 5.32 Å². The summed E-state index contributed by atoms with van der Waals surface area (Å²) in [7, 11) is 0. The number of hydrogen-bond donors (Lipinski definition) is 1. The number of nitrogens with zero attached hydrogens (tertiary/aromatic N) is 4. The topological polar surface area (TPSA) is 81.8 Å². The third kappa shape index (κ3) is 4.14. The number of para-hydroxylation sites is 1. The van der Waals surface area contributed by atoms with Crippen LogP contribution in [0, 0.1) is 6.92 Å². The van der Waals surface area contributed by atoms with Crippen molar-refractivity contribution in [3.05, 3.63) is 106 Å². The van der Waals surface area contributed by atoms with E-state index in [1.807, 2.05) is 59.4 Å². The molecule has 2 aromatic carbocycles. The van der Waals surface area contributed by atoms with Crippen molar-refractivity contribution in [3.63, 3.8) is 0 Å². The number of aryl methyl sites for hydroxylation is 1. The van der Waals surface area contributed by atoms with Crippen LogP contribution in [0.5, 0.6) is 0 Å². The average molecular weight is 385 g/mol. The summed E-state index contributed by atoms with van der Waals surface area (Å²) in [6, 6.07) is 20.1. The fourth-order valence-corrected chi connectivity index (χ4v) is 3.00. The van der Waals surface area contributed by atoms with Gasteiger partial charge in [-0.1, -0.05) is 30.3 Å². The second-order valence-corrected chi connectivity index (χ2v) is 6.60. The zero-order chi connectivity index (χ0) is 20.2. The van der Waals surface area contributed by atoms with Gasteiger partial charge in [-0.3, -0.25) is 14.3 Å². The van der Waals surface area contributed by atoms with E-state index in [1.165, 1.54) is 6.07 Å². The Morgan fingerprint density at radius 2 is 1.79 bits per heavy atom. The van der Waals surface area contributed by atoms with E-state index in [4.69, 9.17) is 0 Å². The minimum Gasteiger partial charge on any atom is -0.320 e. The van der Waals surface area contributed by atoms with Gasteiger partial charge in [0, 0.05) is 29.8 Å². The lowest BCUT2D eigenvalue weighted by Gasteiger charge is -2.11. The molecule has 144 valence electrons. The maximum Gasteiger partial charge on any atom is 0.280 e. The number of carbonyl (C=O) groups is 1. The third-order valence-electron chi connectivity index (χ3n) is 4.44. The smallest absolute Gasteiger partial charge is 0.280 e. The second-order valence-electron chi connectivity index (χ2n) is 6.60. The molecule has 1 N–H and O–H groups in total. The van der Waals surface area contributed by atoms with Gasteiger partial charge >= 0.3 is 0 Å². The maximum atomic E-state index is 12.7. The predicted molar refractivity (Wildman–Crippen MR) is 110 cm³/mol. The maximum absolute atomic E-state index is 12.7. The van der Waals surface area contributed by atoms with Crippen LogP contribution in [0.4, 0.5) is 5.69 Å². The monoisotopic (exact) mass is 385 g/mol. The Kier molecular flexibility index (Phi) is 5.03. The van der Waals surface area contributed by atoms with E-state index in [0.717, 1.165) is 11.3 Å². The minimum absolute atomic E-state index is 0.153. The highest BCUT2D eigenvalue weighted by molar-refractivity contribution is 6.02. The molecule has 4 aromatic rings. The van der Waals surface area contributed by atoms with Gasteiger partial charge in [-0.05, 0) is 42.8 Å². The van der Waals surface area contributed by atoms with Gasteiger partial charge in [0.1, 0.15) is 0 Å². The van der Waals surface area contributed by atoms with Crippen molar-refractivity contribution in [1.82, 2.24) is 19.6 Å². The Hall–Kier alpha value is -4.00. The third-order valence-corrected chi connectivity index (χ3v) is 4.44. The number of carbonyl (C=O) groups excluding carboxylic acids is 1. The highest BCUT2D eigenvalue weighted by Crippen LogP contribution is 2.12. The molecule has 0 aliphatic heterocycles. The molecule has 2 heterocycles. The second kappa shape index (κ2) is 7.93. The molecular weight excluding hydrogens is 366 g/mol. The van der Waals surface area contributed by atoms with Crippen LogP contribution >= 0.6 is 0 Å². The molecule has 29 heavy (non-hydrogen) atoms. The molecule has 1 amide bonds. The van der Waals surface area contributed by atoms with Crippen LogP contribution in [0.15, 0.2) is 83.9 Å². The fraction of sp³-hybridized carbons (Fsp3) is 0.0909. The molecular formula is C22H19N5O2. The molecule has 0 saturated carbocycles. The summed E-state index contributed by atoms with van der Waals surface area (Å²) in [5.41, 5.74) is 2.50. The van der Waals surface area contributed by atoms with E-state index in [2.05, 4.69) is 15.5 Å². The molecule has 0 aliphatic carbocycles. The van der Waals surface area contributed by atoms with Crippen LogP contribution in [0.3, 0.4) is 0 Å². The number of nitrogens with one attached hydrogen (secondary N) is 1. The van der Waals surface area contributed by atoms with Crippen LogP contribution in [-0.4, -0.2) is 25.5 Å². The number of hydrogen-bond acceptors (Lipinski definition) is 4. The summed E-state index contributed by atoms with van der Waals surface area (Å²) in [4.78, 5) is 25.0. The van der Waals surface area contributed by atoms with E-state index < -0.39 is 11.3 Å². The van der Waals surface area contributed by atoms with E-state index in [9.17, 15) is 9.59 Å². The van der Waals surface area contributed by atoms with Crippen LogP contribution in [0.25, 0.3) is 5.69 Å². The summed E-state index contributed by atoms with van der Waals surface area (Å²) >= 11 is 0. The Bertz CT molecular complexity index is 1180. The summed E-state index contributed by atoms with van der Waals surface area (Å²) in [5, 5.41) is 11.2. The average Bonchev–Trinajstić information content (AvgIpc) is 3.23. The van der Waals surface area contributed by atoms with Crippen molar-refractivity contribution in [2.45, 2.75) is 13.5 Å². The molecule has 7 heteroatoms. The Morgan fingerprint density at radius 1 is 1.03 bits per heavy atom. The summed E-state index contributed by atoms with van der Waals surface area (Å²) in [6.45, 7) is 2.42. The van der Waals surface area contributed by atoms with E-state index in [-0.39, 0.29) is 5.69 Å². The van der Waals surface area contributed by atoms with E-state index in [1.54, 1.807) is 29.9 Å². The van der Waals surface area contributed by atoms with Crippen molar-refractivity contribution in [2.75, 3.05) is 5.32 Å². The molecule has 0 atom stereocenters. The lowest BCUT2D eigenvalue weighted by Crippen LogP contribution is -2.26. The van der Waals surface area contributed by atoms with Gasteiger partial charge in [-0.2, -0.15) is 10.2 Å². The van der Waals surface area contributed by atoms with E-state index >= 15 is 0 Å². The Morgan fingerprint density at radius 3 is 2.48 bits per heavy atom. The van der Waals surface area contributed by atoms with Crippen molar-refractivity contribution >= 4 is 11.6 Å². The van der Waals surface area contributed by atoms with E-state index in [0.29, 0.717) is 17.9 Å². The van der Waals surface area contributed by atoms with Crippen LogP contribution in [-0.2, 0) is 6.54 Å². The molecule has 0 radical (unpaired) electrons. The van der Waals surface area contributed by atoms with Crippen molar-refractivity contribution in [3.8, 4) is 5.69 Å². The summed E-state index contributed by atoms with van der Waals surface area (Å²) in [5.74, 6) is -0.542. The number of amides is 1. The molecule has 0 bridgehead atoms. The lowest BCUT2D eigenvalue weighted by molar-refractivity contribution is 0.101. The molecule has 0 aliphatic rings. The number of benzene rings is 2. The van der Waals surface area contributed by atoms with Gasteiger partial charge in [0.25, 0.3) is 5.91 Å². The first-order valence-electron chi connectivity index (χ1n) is 9.14. The number of aromatic nitrogens is 4. The van der Waals surface area contributed by atoms with Gasteiger partial charge in [0.15, 0.2) is 5.69 Å². The first-order chi connectivity index (χ1) is 14.1. The van der Waals surface area contributed by atoms with Crippen molar-refractivity contribution in [2.24, 2.45) is 0 Å². The van der Waals surface area contributed by atoms with Crippen LogP contribution in [0.2, 0.25) is 0 Å². The SMILES string of the molecule is Cc1cc(=O)c(C(=O)Nc2ccc(Cn3cccn3)cc2)nn1-c1ccccc1. The molecule has 0 fully saturated rings. The van der Waals surface area contributed by atoms with Crippen LogP contribution in [0.1, 0.15) is 21.7 Å². The standard InChI is InChI=1S/C22H19N5O2/c1-16-14-20(28)21(25-27(16)19-6-3-2-4-7-19)22(29)24-18-10-8-17(9-11-18)15-26-13-5-12-23-26/h2-14H,15H2,1H3,(H,24,29). The summed E-state index contributed by atoms with van der Waals surface area (Å²) in [6.07, 6.45) is 3.61. The van der Waals surface area contributed by atoms with Crippen molar-refractivity contribution < 1.29 is 4.79 Å². The van der Waals surface area contributed by atoms with Crippen LogP contribution < -0.4 is 10.7 Å². The molecule has 4 rings (SSSR count). The zero-order valence-corrected chi connectivity index (χ0v) is 15.8. The first kappa shape index (κ1) is 18.4. The Balaban J connectivity index is 1.54. The normalized spacial score (nSPS) is 10.7. The fourth-order valence-electron chi connectivity index (χ4n) is 3.00. The molecule has 0 unspecified atom stereocenters. The highest BCUT2D eigenvalue weighted by atomic mass is 16.2. The van der Waals surface area contributed by atoms with Gasteiger partial charge in [-0.15, -0.1) is 0 Å². The Labute approximate surface area is 167 Å². The molecule has 2 aromatic heterocycles. The molecule has 0 spiro atoms.